The fourth-order valence-electron chi connectivity index (χ4n) is 2.40. The molecule has 1 aromatic carbocycles. The maximum absolute atomic E-state index is 12.1. The molecule has 20 heavy (non-hydrogen) atoms. The number of anilines is 1. The summed E-state index contributed by atoms with van der Waals surface area (Å²) in [4.78, 5) is 13.7. The molecule has 0 aliphatic carbocycles. The number of fused-ring (bicyclic) bond motifs is 1. The summed E-state index contributed by atoms with van der Waals surface area (Å²) < 4.78 is 5.95. The number of hydrogen-bond donors (Lipinski definition) is 2. The number of benzene rings is 1. The Hall–Kier alpha value is -1.91. The molecule has 1 aliphatic heterocycles. The third kappa shape index (κ3) is 2.98. The van der Waals surface area contributed by atoms with Gasteiger partial charge in [-0.2, -0.15) is 0 Å². The van der Waals surface area contributed by atoms with Crippen LogP contribution in [0.2, 0.25) is 0 Å². The number of amides is 2. The quantitative estimate of drug-likeness (QED) is 0.816. The van der Waals surface area contributed by atoms with E-state index in [-0.39, 0.29) is 17.7 Å². The number of ether oxygens (including phenoxy) is 1. The van der Waals surface area contributed by atoms with Crippen molar-refractivity contribution in [2.75, 3.05) is 19.3 Å². The van der Waals surface area contributed by atoms with Crippen molar-refractivity contribution in [2.45, 2.75) is 38.8 Å². The lowest BCUT2D eigenvalue weighted by Crippen LogP contribution is -2.45. The number of nitrogens with zero attached hydrogens (tertiary/aromatic N) is 1. The van der Waals surface area contributed by atoms with Crippen LogP contribution in [0.5, 0.6) is 5.75 Å². The van der Waals surface area contributed by atoms with Crippen molar-refractivity contribution in [3.8, 4) is 5.75 Å². The van der Waals surface area contributed by atoms with E-state index in [0.717, 1.165) is 11.3 Å². The highest BCUT2D eigenvalue weighted by atomic mass is 16.5. The zero-order valence-electron chi connectivity index (χ0n) is 12.6. The molecule has 0 fully saturated rings. The summed E-state index contributed by atoms with van der Waals surface area (Å²) in [5.74, 6) is 0.792. The fraction of sp³-hybridized carbons (Fsp3) is 0.533. The first kappa shape index (κ1) is 14.5. The Morgan fingerprint density at radius 3 is 2.90 bits per heavy atom. The van der Waals surface area contributed by atoms with Gasteiger partial charge in [-0.05, 0) is 39.0 Å². The molecule has 0 radical (unpaired) electrons. The first-order chi connectivity index (χ1) is 9.32. The first-order valence-electron chi connectivity index (χ1n) is 6.92. The minimum atomic E-state index is -0.314. The Labute approximate surface area is 120 Å². The number of rotatable bonds is 2. The van der Waals surface area contributed by atoms with Crippen molar-refractivity contribution >= 4 is 11.7 Å². The van der Waals surface area contributed by atoms with Gasteiger partial charge in [-0.15, -0.1) is 0 Å². The van der Waals surface area contributed by atoms with Gasteiger partial charge < -0.3 is 20.7 Å². The summed E-state index contributed by atoms with van der Waals surface area (Å²) >= 11 is 0. The maximum Gasteiger partial charge on any atom is 0.317 e. The van der Waals surface area contributed by atoms with Gasteiger partial charge in [-0.25, -0.2) is 4.79 Å². The topological polar surface area (TPSA) is 67.6 Å². The summed E-state index contributed by atoms with van der Waals surface area (Å²) in [5.41, 5.74) is 7.16. The molecule has 3 N–H and O–H groups in total. The van der Waals surface area contributed by atoms with Crippen LogP contribution in [0.4, 0.5) is 10.5 Å². The Morgan fingerprint density at radius 1 is 1.55 bits per heavy atom. The minimum absolute atomic E-state index is 0.0800. The van der Waals surface area contributed by atoms with E-state index < -0.39 is 0 Å². The number of nitrogen functional groups attached to an aromatic ring is 1. The lowest BCUT2D eigenvalue weighted by atomic mass is 9.89. The van der Waals surface area contributed by atoms with Gasteiger partial charge in [0.05, 0.1) is 6.04 Å². The molecule has 5 nitrogen and oxygen atoms in total. The van der Waals surface area contributed by atoms with Crippen molar-refractivity contribution < 1.29 is 9.53 Å². The SMILES string of the molecule is CCN(C)C(=O)NC1CC(C)(C)Oc2ccc(N)cc21. The van der Waals surface area contributed by atoms with E-state index in [1.807, 2.05) is 39.0 Å². The summed E-state index contributed by atoms with van der Waals surface area (Å²) in [7, 11) is 1.78. The van der Waals surface area contributed by atoms with Gasteiger partial charge in [0, 0.05) is 31.3 Å². The highest BCUT2D eigenvalue weighted by Crippen LogP contribution is 2.40. The summed E-state index contributed by atoms with van der Waals surface area (Å²) in [5, 5.41) is 3.06. The van der Waals surface area contributed by atoms with E-state index in [2.05, 4.69) is 5.32 Å². The van der Waals surface area contributed by atoms with Gasteiger partial charge in [0.2, 0.25) is 0 Å². The molecular weight excluding hydrogens is 254 g/mol. The average Bonchev–Trinajstić information content (AvgIpc) is 2.37. The Bertz CT molecular complexity index is 514. The van der Waals surface area contributed by atoms with Gasteiger partial charge >= 0.3 is 6.03 Å². The average molecular weight is 277 g/mol. The van der Waals surface area contributed by atoms with Crippen LogP contribution in [0.15, 0.2) is 18.2 Å². The number of hydrogen-bond acceptors (Lipinski definition) is 3. The smallest absolute Gasteiger partial charge is 0.317 e. The lowest BCUT2D eigenvalue weighted by molar-refractivity contribution is 0.0669. The molecule has 0 spiro atoms. The van der Waals surface area contributed by atoms with Gasteiger partial charge in [0.25, 0.3) is 0 Å². The van der Waals surface area contributed by atoms with Crippen molar-refractivity contribution in [3.63, 3.8) is 0 Å². The second-order valence-corrected chi connectivity index (χ2v) is 5.88. The molecule has 1 heterocycles. The predicted molar refractivity (Wildman–Crippen MR) is 79.8 cm³/mol. The molecule has 1 atom stereocenters. The summed E-state index contributed by atoms with van der Waals surface area (Å²) in [6.45, 7) is 6.66. The first-order valence-corrected chi connectivity index (χ1v) is 6.92. The van der Waals surface area contributed by atoms with Gasteiger partial charge in [-0.3, -0.25) is 0 Å². The van der Waals surface area contributed by atoms with E-state index in [1.165, 1.54) is 0 Å². The molecule has 110 valence electrons. The number of nitrogens with two attached hydrogens (primary N) is 1. The number of nitrogens with one attached hydrogen (secondary N) is 1. The van der Waals surface area contributed by atoms with E-state index in [4.69, 9.17) is 10.5 Å². The molecule has 0 saturated carbocycles. The molecular formula is C15H23N3O2. The molecule has 0 bridgehead atoms. The maximum atomic E-state index is 12.1. The highest BCUT2D eigenvalue weighted by Gasteiger charge is 2.34. The van der Waals surface area contributed by atoms with Crippen LogP contribution in [0, 0.1) is 0 Å². The van der Waals surface area contributed by atoms with Crippen LogP contribution >= 0.6 is 0 Å². The van der Waals surface area contributed by atoms with Crippen LogP contribution in [-0.2, 0) is 0 Å². The molecule has 1 aromatic rings. The second kappa shape index (κ2) is 5.23. The standard InChI is InChI=1S/C15H23N3O2/c1-5-18(4)14(19)17-12-9-15(2,3)20-13-7-6-10(16)8-11(12)13/h6-8,12H,5,9,16H2,1-4H3,(H,17,19). The molecule has 2 amide bonds. The lowest BCUT2D eigenvalue weighted by Gasteiger charge is -2.38. The third-order valence-electron chi connectivity index (χ3n) is 3.61. The van der Waals surface area contributed by atoms with Crippen LogP contribution in [0.3, 0.4) is 0 Å². The van der Waals surface area contributed by atoms with Crippen molar-refractivity contribution in [2.24, 2.45) is 0 Å². The normalized spacial score (nSPS) is 19.7. The Balaban J connectivity index is 2.29. The summed E-state index contributed by atoms with van der Waals surface area (Å²) in [6, 6.07) is 5.40. The van der Waals surface area contributed by atoms with Gasteiger partial charge in [0.15, 0.2) is 0 Å². The molecule has 0 aromatic heterocycles. The molecule has 1 aliphatic rings. The van der Waals surface area contributed by atoms with E-state index in [9.17, 15) is 4.79 Å². The van der Waals surface area contributed by atoms with Crippen molar-refractivity contribution in [1.82, 2.24) is 10.2 Å². The monoisotopic (exact) mass is 277 g/mol. The Morgan fingerprint density at radius 2 is 2.25 bits per heavy atom. The van der Waals surface area contributed by atoms with Gasteiger partial charge in [-0.1, -0.05) is 0 Å². The van der Waals surface area contributed by atoms with Crippen LogP contribution in [0.25, 0.3) is 0 Å². The van der Waals surface area contributed by atoms with Crippen molar-refractivity contribution in [3.05, 3.63) is 23.8 Å². The van der Waals surface area contributed by atoms with Gasteiger partial charge in [0.1, 0.15) is 11.4 Å². The zero-order chi connectivity index (χ0) is 14.9. The third-order valence-corrected chi connectivity index (χ3v) is 3.61. The molecule has 1 unspecified atom stereocenters. The van der Waals surface area contributed by atoms with Crippen LogP contribution in [0.1, 0.15) is 38.8 Å². The zero-order valence-corrected chi connectivity index (χ0v) is 12.6. The Kier molecular flexibility index (Phi) is 3.79. The largest absolute Gasteiger partial charge is 0.487 e. The van der Waals surface area contributed by atoms with E-state index in [1.54, 1.807) is 11.9 Å². The molecule has 2 rings (SSSR count). The summed E-state index contributed by atoms with van der Waals surface area (Å²) in [6.07, 6.45) is 0.715. The molecule has 5 heteroatoms. The fourth-order valence-corrected chi connectivity index (χ4v) is 2.40. The highest BCUT2D eigenvalue weighted by molar-refractivity contribution is 5.74. The predicted octanol–water partition coefficient (Wildman–Crippen LogP) is 2.53. The van der Waals surface area contributed by atoms with Crippen molar-refractivity contribution in [1.29, 1.82) is 0 Å². The number of carbonyl (C=O) groups is 1. The number of urea groups is 1. The van der Waals surface area contributed by atoms with E-state index in [0.29, 0.717) is 18.7 Å². The second-order valence-electron chi connectivity index (χ2n) is 5.88. The minimum Gasteiger partial charge on any atom is -0.487 e. The van der Waals surface area contributed by atoms with E-state index >= 15 is 0 Å². The molecule has 0 saturated heterocycles. The van der Waals surface area contributed by atoms with Crippen LogP contribution < -0.4 is 15.8 Å². The number of carbonyl (C=O) groups excluding carboxylic acids is 1. The van der Waals surface area contributed by atoms with Crippen LogP contribution in [-0.4, -0.2) is 30.1 Å².